The Hall–Kier alpha value is -3.27. The number of amides is 1. The summed E-state index contributed by atoms with van der Waals surface area (Å²) < 4.78 is 0. The molecule has 0 saturated carbocycles. The zero-order chi connectivity index (χ0) is 17.6. The van der Waals surface area contributed by atoms with Gasteiger partial charge in [0.15, 0.2) is 0 Å². The molecule has 0 atom stereocenters. The predicted molar refractivity (Wildman–Crippen MR) is 99.7 cm³/mol. The van der Waals surface area contributed by atoms with E-state index in [0.717, 1.165) is 16.7 Å². The number of carbonyl (C=O) groups excluding carboxylic acids is 1. The number of rotatable bonds is 4. The summed E-state index contributed by atoms with van der Waals surface area (Å²) in [7, 11) is 0. The summed E-state index contributed by atoms with van der Waals surface area (Å²) in [6.07, 6.45) is 1.71. The maximum absolute atomic E-state index is 12.4. The molecule has 0 aliphatic rings. The van der Waals surface area contributed by atoms with Gasteiger partial charge in [0.2, 0.25) is 0 Å². The number of benzene rings is 2. The van der Waals surface area contributed by atoms with E-state index in [-0.39, 0.29) is 5.91 Å². The SMILES string of the molecule is Cc1ccc(C(=O)N/N=C(\c2ccccc2)c2ccccn2)cc1C. The van der Waals surface area contributed by atoms with Gasteiger partial charge in [-0.25, -0.2) is 5.43 Å². The van der Waals surface area contributed by atoms with E-state index in [1.54, 1.807) is 12.3 Å². The molecule has 2 aromatic carbocycles. The van der Waals surface area contributed by atoms with Gasteiger partial charge < -0.3 is 0 Å². The zero-order valence-corrected chi connectivity index (χ0v) is 14.2. The topological polar surface area (TPSA) is 54.4 Å². The Labute approximate surface area is 147 Å². The number of hydrazone groups is 1. The van der Waals surface area contributed by atoms with Crippen LogP contribution in [-0.4, -0.2) is 16.6 Å². The highest BCUT2D eigenvalue weighted by Gasteiger charge is 2.10. The molecule has 1 N–H and O–H groups in total. The summed E-state index contributed by atoms with van der Waals surface area (Å²) in [6.45, 7) is 4.00. The molecule has 0 unspecified atom stereocenters. The standard InChI is InChI=1S/C21H19N3O/c1-15-11-12-18(14-16(15)2)21(25)24-23-20(17-8-4-3-5-9-17)19-10-6-7-13-22-19/h3-14H,1-2H3,(H,24,25)/b23-20+. The van der Waals surface area contributed by atoms with Gasteiger partial charge >= 0.3 is 0 Å². The van der Waals surface area contributed by atoms with Crippen molar-refractivity contribution in [3.8, 4) is 0 Å². The molecule has 0 spiro atoms. The molecule has 0 saturated heterocycles. The first-order valence-corrected chi connectivity index (χ1v) is 8.07. The number of nitrogens with one attached hydrogen (secondary N) is 1. The van der Waals surface area contributed by atoms with Gasteiger partial charge in [-0.3, -0.25) is 9.78 Å². The molecule has 1 aromatic heterocycles. The van der Waals surface area contributed by atoms with Crippen LogP contribution < -0.4 is 5.43 Å². The van der Waals surface area contributed by atoms with E-state index < -0.39 is 0 Å². The van der Waals surface area contributed by atoms with E-state index in [1.165, 1.54) is 0 Å². The van der Waals surface area contributed by atoms with Crippen molar-refractivity contribution in [3.05, 3.63) is 101 Å². The van der Waals surface area contributed by atoms with Crippen molar-refractivity contribution in [1.29, 1.82) is 0 Å². The first-order valence-electron chi connectivity index (χ1n) is 8.07. The van der Waals surface area contributed by atoms with E-state index in [2.05, 4.69) is 15.5 Å². The van der Waals surface area contributed by atoms with Crippen molar-refractivity contribution in [2.75, 3.05) is 0 Å². The molecule has 3 rings (SSSR count). The number of hydrogen-bond donors (Lipinski definition) is 1. The Morgan fingerprint density at radius 1 is 0.880 bits per heavy atom. The van der Waals surface area contributed by atoms with Gasteiger partial charge in [0.25, 0.3) is 5.91 Å². The highest BCUT2D eigenvalue weighted by Crippen LogP contribution is 2.11. The largest absolute Gasteiger partial charge is 0.271 e. The normalized spacial score (nSPS) is 11.2. The van der Waals surface area contributed by atoms with E-state index in [4.69, 9.17) is 0 Å². The lowest BCUT2D eigenvalue weighted by atomic mass is 10.1. The Morgan fingerprint density at radius 2 is 1.64 bits per heavy atom. The van der Waals surface area contributed by atoms with Gasteiger partial charge in [-0.2, -0.15) is 5.10 Å². The smallest absolute Gasteiger partial charge is 0.267 e. The minimum atomic E-state index is -0.243. The van der Waals surface area contributed by atoms with Crippen molar-refractivity contribution in [2.45, 2.75) is 13.8 Å². The first kappa shape index (κ1) is 16.6. The highest BCUT2D eigenvalue weighted by atomic mass is 16.2. The molecule has 1 heterocycles. The van der Waals surface area contributed by atoms with Crippen molar-refractivity contribution in [2.24, 2.45) is 5.10 Å². The van der Waals surface area contributed by atoms with Crippen LogP contribution in [0.4, 0.5) is 0 Å². The Kier molecular flexibility index (Phi) is 5.00. The number of carbonyl (C=O) groups is 1. The van der Waals surface area contributed by atoms with Crippen LogP contribution in [-0.2, 0) is 0 Å². The summed E-state index contributed by atoms with van der Waals surface area (Å²) in [5.74, 6) is -0.243. The van der Waals surface area contributed by atoms with Crippen LogP contribution in [0.5, 0.6) is 0 Å². The van der Waals surface area contributed by atoms with Gasteiger partial charge in [0, 0.05) is 17.3 Å². The lowest BCUT2D eigenvalue weighted by Gasteiger charge is -2.08. The molecule has 3 aromatic rings. The zero-order valence-electron chi connectivity index (χ0n) is 14.2. The third-order valence-electron chi connectivity index (χ3n) is 3.99. The van der Waals surface area contributed by atoms with E-state index in [1.807, 2.05) is 74.5 Å². The van der Waals surface area contributed by atoms with Gasteiger partial charge in [0.1, 0.15) is 5.71 Å². The quantitative estimate of drug-likeness (QED) is 0.583. The number of pyridine rings is 1. The van der Waals surface area contributed by atoms with Crippen molar-refractivity contribution in [1.82, 2.24) is 10.4 Å². The molecule has 25 heavy (non-hydrogen) atoms. The fourth-order valence-electron chi connectivity index (χ4n) is 2.42. The molecule has 124 valence electrons. The molecule has 0 aliphatic carbocycles. The van der Waals surface area contributed by atoms with E-state index >= 15 is 0 Å². The fraction of sp³-hybridized carbons (Fsp3) is 0.0952. The molecular formula is C21H19N3O. The molecule has 4 heteroatoms. The predicted octanol–water partition coefficient (Wildman–Crippen LogP) is 3.88. The number of nitrogens with zero attached hydrogens (tertiary/aromatic N) is 2. The van der Waals surface area contributed by atoms with Gasteiger partial charge in [-0.1, -0.05) is 42.5 Å². The van der Waals surface area contributed by atoms with Gasteiger partial charge in [-0.05, 0) is 49.2 Å². The summed E-state index contributed by atoms with van der Waals surface area (Å²) in [6, 6.07) is 20.9. The van der Waals surface area contributed by atoms with Crippen LogP contribution in [0.25, 0.3) is 0 Å². The van der Waals surface area contributed by atoms with Crippen LogP contribution in [0.15, 0.2) is 78.0 Å². The van der Waals surface area contributed by atoms with Crippen LogP contribution in [0, 0.1) is 13.8 Å². The second-order valence-corrected chi connectivity index (χ2v) is 5.78. The minimum absolute atomic E-state index is 0.243. The molecule has 0 fully saturated rings. The van der Waals surface area contributed by atoms with Crippen LogP contribution in [0.1, 0.15) is 32.7 Å². The van der Waals surface area contributed by atoms with Crippen LogP contribution in [0.3, 0.4) is 0 Å². The maximum Gasteiger partial charge on any atom is 0.271 e. The maximum atomic E-state index is 12.4. The molecule has 0 aliphatic heterocycles. The Morgan fingerprint density at radius 3 is 2.32 bits per heavy atom. The number of hydrogen-bond acceptors (Lipinski definition) is 3. The van der Waals surface area contributed by atoms with Gasteiger partial charge in [-0.15, -0.1) is 0 Å². The third kappa shape index (κ3) is 3.98. The lowest BCUT2D eigenvalue weighted by Crippen LogP contribution is -2.21. The monoisotopic (exact) mass is 329 g/mol. The summed E-state index contributed by atoms with van der Waals surface area (Å²) >= 11 is 0. The molecule has 0 radical (unpaired) electrons. The summed E-state index contributed by atoms with van der Waals surface area (Å²) in [5, 5.41) is 4.35. The molecule has 4 nitrogen and oxygen atoms in total. The summed E-state index contributed by atoms with van der Waals surface area (Å²) in [5.41, 5.74) is 7.68. The van der Waals surface area contributed by atoms with E-state index in [9.17, 15) is 4.79 Å². The molecule has 0 bridgehead atoms. The second kappa shape index (κ2) is 7.53. The second-order valence-electron chi connectivity index (χ2n) is 5.78. The fourth-order valence-corrected chi connectivity index (χ4v) is 2.42. The average molecular weight is 329 g/mol. The lowest BCUT2D eigenvalue weighted by molar-refractivity contribution is 0.0955. The van der Waals surface area contributed by atoms with Crippen LogP contribution >= 0.6 is 0 Å². The third-order valence-corrected chi connectivity index (χ3v) is 3.99. The molecule has 1 amide bonds. The highest BCUT2D eigenvalue weighted by molar-refractivity contribution is 6.12. The first-order chi connectivity index (χ1) is 12.1. The Balaban J connectivity index is 1.91. The summed E-state index contributed by atoms with van der Waals surface area (Å²) in [4.78, 5) is 16.8. The van der Waals surface area contributed by atoms with Crippen molar-refractivity contribution in [3.63, 3.8) is 0 Å². The van der Waals surface area contributed by atoms with Gasteiger partial charge in [0.05, 0.1) is 5.69 Å². The van der Waals surface area contributed by atoms with Crippen molar-refractivity contribution >= 4 is 11.6 Å². The Bertz CT molecular complexity index is 861. The minimum Gasteiger partial charge on any atom is -0.267 e. The number of aromatic nitrogens is 1. The molecular weight excluding hydrogens is 310 g/mol. The van der Waals surface area contributed by atoms with Crippen molar-refractivity contribution < 1.29 is 4.79 Å². The van der Waals surface area contributed by atoms with E-state index in [0.29, 0.717) is 17.0 Å². The van der Waals surface area contributed by atoms with Crippen LogP contribution in [0.2, 0.25) is 0 Å². The number of aryl methyl sites for hydroxylation is 2. The average Bonchev–Trinajstić information content (AvgIpc) is 2.66.